The molecule has 0 saturated carbocycles. The molecule has 1 aromatic carbocycles. The number of halogens is 1. The number of fused-ring (bicyclic) bond motifs is 1. The summed E-state index contributed by atoms with van der Waals surface area (Å²) in [7, 11) is 0. The minimum absolute atomic E-state index is 0.267. The van der Waals surface area contributed by atoms with E-state index in [2.05, 4.69) is 19.2 Å². The first kappa shape index (κ1) is 15.6. The van der Waals surface area contributed by atoms with Crippen LogP contribution in [0.4, 0.5) is 0 Å². The van der Waals surface area contributed by atoms with E-state index in [1.807, 2.05) is 25.1 Å². The third kappa shape index (κ3) is 3.66. The molecule has 2 unspecified atom stereocenters. The van der Waals surface area contributed by atoms with Gasteiger partial charge in [0.2, 0.25) is 0 Å². The molecule has 0 aromatic heterocycles. The van der Waals surface area contributed by atoms with Gasteiger partial charge in [-0.3, -0.25) is 0 Å². The molecule has 0 fully saturated rings. The normalized spacial score (nSPS) is 25.1. The zero-order chi connectivity index (χ0) is 14.6. The van der Waals surface area contributed by atoms with Gasteiger partial charge in [-0.15, -0.1) is 0 Å². The number of hydrogen-bond acceptors (Lipinski definition) is 3. The minimum Gasteiger partial charge on any atom is -0.485 e. The van der Waals surface area contributed by atoms with Crippen molar-refractivity contribution in [3.63, 3.8) is 0 Å². The summed E-state index contributed by atoms with van der Waals surface area (Å²) in [5.41, 5.74) is 0.863. The molecule has 1 aliphatic heterocycles. The lowest BCUT2D eigenvalue weighted by Gasteiger charge is -2.40. The third-order valence-electron chi connectivity index (χ3n) is 3.59. The van der Waals surface area contributed by atoms with E-state index in [9.17, 15) is 0 Å². The minimum atomic E-state index is -0.289. The highest BCUT2D eigenvalue weighted by atomic mass is 35.5. The fraction of sp³-hybridized carbons (Fsp3) is 0.625. The highest BCUT2D eigenvalue weighted by Gasteiger charge is 2.37. The van der Waals surface area contributed by atoms with Gasteiger partial charge in [0.15, 0.2) is 0 Å². The third-order valence-corrected chi connectivity index (χ3v) is 3.83. The topological polar surface area (TPSA) is 30.5 Å². The van der Waals surface area contributed by atoms with Gasteiger partial charge in [-0.25, -0.2) is 0 Å². The number of ether oxygens (including phenoxy) is 2. The van der Waals surface area contributed by atoms with Gasteiger partial charge in [0.1, 0.15) is 11.4 Å². The van der Waals surface area contributed by atoms with Crippen molar-refractivity contribution in [3.05, 3.63) is 28.8 Å². The summed E-state index contributed by atoms with van der Waals surface area (Å²) in [6.45, 7) is 8.59. The molecule has 0 aliphatic carbocycles. The van der Waals surface area contributed by atoms with Crippen molar-refractivity contribution < 1.29 is 9.47 Å². The lowest BCUT2D eigenvalue weighted by atomic mass is 9.88. The van der Waals surface area contributed by atoms with E-state index in [-0.39, 0.29) is 11.6 Å². The molecule has 2 atom stereocenters. The second-order valence-corrected chi connectivity index (χ2v) is 6.02. The zero-order valence-electron chi connectivity index (χ0n) is 12.5. The van der Waals surface area contributed by atoms with E-state index in [4.69, 9.17) is 21.1 Å². The van der Waals surface area contributed by atoms with Crippen LogP contribution in [-0.2, 0) is 4.74 Å². The molecule has 1 N–H and O–H groups in total. The Labute approximate surface area is 126 Å². The van der Waals surface area contributed by atoms with Gasteiger partial charge >= 0.3 is 0 Å². The predicted octanol–water partition coefficient (Wildman–Crippen LogP) is 3.96. The van der Waals surface area contributed by atoms with Crippen LogP contribution in [0.25, 0.3) is 0 Å². The van der Waals surface area contributed by atoms with Gasteiger partial charge in [0.25, 0.3) is 0 Å². The van der Waals surface area contributed by atoms with Crippen LogP contribution in [-0.4, -0.2) is 25.4 Å². The van der Waals surface area contributed by atoms with Crippen molar-refractivity contribution in [2.45, 2.75) is 45.3 Å². The first-order valence-electron chi connectivity index (χ1n) is 7.37. The van der Waals surface area contributed by atoms with Crippen LogP contribution in [0.1, 0.15) is 45.2 Å². The Bertz CT molecular complexity index is 452. The maximum Gasteiger partial charge on any atom is 0.131 e. The Hall–Kier alpha value is -0.770. The van der Waals surface area contributed by atoms with Crippen LogP contribution in [0.3, 0.4) is 0 Å². The van der Waals surface area contributed by atoms with Gasteiger partial charge < -0.3 is 14.8 Å². The molecule has 3 nitrogen and oxygen atoms in total. The molecular formula is C16H24ClNO2. The molecule has 0 amide bonds. The van der Waals surface area contributed by atoms with Gasteiger partial charge in [-0.2, -0.15) is 0 Å². The Morgan fingerprint density at radius 2 is 2.25 bits per heavy atom. The Balaban J connectivity index is 2.24. The summed E-state index contributed by atoms with van der Waals surface area (Å²) in [4.78, 5) is 0. The maximum absolute atomic E-state index is 6.16. The molecule has 2 rings (SSSR count). The second-order valence-electron chi connectivity index (χ2n) is 5.58. The van der Waals surface area contributed by atoms with Crippen molar-refractivity contribution in [3.8, 4) is 5.75 Å². The van der Waals surface area contributed by atoms with Crippen LogP contribution in [0.15, 0.2) is 18.2 Å². The molecule has 0 saturated heterocycles. The highest BCUT2D eigenvalue weighted by molar-refractivity contribution is 6.30. The van der Waals surface area contributed by atoms with E-state index >= 15 is 0 Å². The predicted molar refractivity (Wildman–Crippen MR) is 82.6 cm³/mol. The van der Waals surface area contributed by atoms with Crippen LogP contribution in [0.5, 0.6) is 5.75 Å². The molecular weight excluding hydrogens is 274 g/mol. The summed E-state index contributed by atoms with van der Waals surface area (Å²) in [6.07, 6.45) is 2.00. The first-order chi connectivity index (χ1) is 9.58. The lowest BCUT2D eigenvalue weighted by molar-refractivity contribution is -0.0331. The SMILES string of the molecule is CCCNC1CC(C)(COCC)Oc2ccc(Cl)cc21. The summed E-state index contributed by atoms with van der Waals surface area (Å²) in [5.74, 6) is 0.913. The fourth-order valence-electron chi connectivity index (χ4n) is 2.64. The summed E-state index contributed by atoms with van der Waals surface area (Å²) in [5, 5.41) is 4.35. The standard InChI is InChI=1S/C16H24ClNO2/c1-4-8-18-14-10-16(3,11-19-5-2)20-15-7-6-12(17)9-13(14)15/h6-7,9,14,18H,4-5,8,10-11H2,1-3H3. The monoisotopic (exact) mass is 297 g/mol. The molecule has 20 heavy (non-hydrogen) atoms. The van der Waals surface area contributed by atoms with Crippen LogP contribution < -0.4 is 10.1 Å². The number of nitrogens with one attached hydrogen (secondary N) is 1. The van der Waals surface area contributed by atoms with E-state index in [1.165, 1.54) is 0 Å². The van der Waals surface area contributed by atoms with Crippen molar-refractivity contribution in [2.24, 2.45) is 0 Å². The van der Waals surface area contributed by atoms with E-state index in [1.54, 1.807) is 0 Å². The van der Waals surface area contributed by atoms with E-state index in [0.717, 1.165) is 35.7 Å². The quantitative estimate of drug-likeness (QED) is 0.862. The zero-order valence-corrected chi connectivity index (χ0v) is 13.3. The fourth-order valence-corrected chi connectivity index (χ4v) is 2.82. The van der Waals surface area contributed by atoms with E-state index < -0.39 is 0 Å². The van der Waals surface area contributed by atoms with Crippen molar-refractivity contribution >= 4 is 11.6 Å². The smallest absolute Gasteiger partial charge is 0.131 e. The van der Waals surface area contributed by atoms with Gasteiger partial charge in [-0.1, -0.05) is 18.5 Å². The maximum atomic E-state index is 6.16. The molecule has 0 radical (unpaired) electrons. The first-order valence-corrected chi connectivity index (χ1v) is 7.75. The van der Waals surface area contributed by atoms with Crippen LogP contribution >= 0.6 is 11.6 Å². The largest absolute Gasteiger partial charge is 0.485 e. The number of hydrogen-bond donors (Lipinski definition) is 1. The van der Waals surface area contributed by atoms with Crippen molar-refractivity contribution in [1.82, 2.24) is 5.32 Å². The number of benzene rings is 1. The van der Waals surface area contributed by atoms with Gasteiger partial charge in [0.05, 0.1) is 6.61 Å². The molecule has 0 spiro atoms. The van der Waals surface area contributed by atoms with Crippen LogP contribution in [0, 0.1) is 0 Å². The summed E-state index contributed by atoms with van der Waals surface area (Å²) in [6, 6.07) is 6.11. The summed E-state index contributed by atoms with van der Waals surface area (Å²) < 4.78 is 11.8. The van der Waals surface area contributed by atoms with Crippen molar-refractivity contribution in [2.75, 3.05) is 19.8 Å². The second kappa shape index (κ2) is 6.79. The summed E-state index contributed by atoms with van der Waals surface area (Å²) >= 11 is 6.12. The molecule has 1 aliphatic rings. The molecule has 0 bridgehead atoms. The molecule has 1 aromatic rings. The highest BCUT2D eigenvalue weighted by Crippen LogP contribution is 2.40. The Morgan fingerprint density at radius 1 is 1.45 bits per heavy atom. The average molecular weight is 298 g/mol. The Morgan fingerprint density at radius 3 is 2.95 bits per heavy atom. The van der Waals surface area contributed by atoms with Gasteiger partial charge in [-0.05, 0) is 45.0 Å². The van der Waals surface area contributed by atoms with Crippen LogP contribution in [0.2, 0.25) is 5.02 Å². The molecule has 4 heteroatoms. The average Bonchev–Trinajstić information content (AvgIpc) is 2.43. The molecule has 112 valence electrons. The molecule has 1 heterocycles. The lowest BCUT2D eigenvalue weighted by Crippen LogP contribution is -2.45. The number of rotatable bonds is 6. The van der Waals surface area contributed by atoms with Gasteiger partial charge in [0, 0.05) is 29.7 Å². The Kier molecular flexibility index (Phi) is 5.30. The van der Waals surface area contributed by atoms with Crippen molar-refractivity contribution in [1.29, 1.82) is 0 Å². The van der Waals surface area contributed by atoms with E-state index in [0.29, 0.717) is 13.2 Å².